The third-order valence-corrected chi connectivity index (χ3v) is 4.85. The first-order valence-electron chi connectivity index (χ1n) is 8.65. The van der Waals surface area contributed by atoms with Gasteiger partial charge in [-0.15, -0.1) is 0 Å². The number of likely N-dealkylation sites (N-methyl/N-ethyl adjacent to an activating group) is 1. The standard InChI is InChI=1S/C19H19ClN6O/c1-12(2)26-11-16(27)24(3)15-10-22-19(23-18(15)26)25-8-7-21-17(25)13-5-4-6-14(20)9-13/h4-10,12H,11H2,1-3H3. The molecule has 0 saturated carbocycles. The molecular formula is C19H19ClN6O. The summed E-state index contributed by atoms with van der Waals surface area (Å²) in [6.07, 6.45) is 5.20. The summed E-state index contributed by atoms with van der Waals surface area (Å²) >= 11 is 6.13. The second kappa shape index (κ2) is 6.66. The van der Waals surface area contributed by atoms with Crippen LogP contribution in [0.15, 0.2) is 42.9 Å². The predicted molar refractivity (Wildman–Crippen MR) is 105 cm³/mol. The van der Waals surface area contributed by atoms with Crippen LogP contribution < -0.4 is 9.80 Å². The summed E-state index contributed by atoms with van der Waals surface area (Å²) in [5, 5.41) is 0.638. The molecule has 8 heteroatoms. The quantitative estimate of drug-likeness (QED) is 0.696. The molecule has 0 fully saturated rings. The molecule has 0 unspecified atom stereocenters. The number of carbonyl (C=O) groups is 1. The highest BCUT2D eigenvalue weighted by molar-refractivity contribution is 6.30. The molecule has 0 spiro atoms. The van der Waals surface area contributed by atoms with Gasteiger partial charge in [-0.3, -0.25) is 9.36 Å². The fourth-order valence-corrected chi connectivity index (χ4v) is 3.31. The Balaban J connectivity index is 1.83. The summed E-state index contributed by atoms with van der Waals surface area (Å²) in [4.78, 5) is 29.5. The zero-order valence-electron chi connectivity index (χ0n) is 15.3. The number of carbonyl (C=O) groups excluding carboxylic acids is 1. The van der Waals surface area contributed by atoms with Crippen LogP contribution in [0.2, 0.25) is 5.02 Å². The van der Waals surface area contributed by atoms with Crippen molar-refractivity contribution in [3.8, 4) is 17.3 Å². The van der Waals surface area contributed by atoms with Crippen LogP contribution in [0.1, 0.15) is 13.8 Å². The number of amides is 1. The van der Waals surface area contributed by atoms with Crippen LogP contribution in [-0.2, 0) is 4.79 Å². The first-order chi connectivity index (χ1) is 13.0. The van der Waals surface area contributed by atoms with E-state index >= 15 is 0 Å². The first kappa shape index (κ1) is 17.5. The van der Waals surface area contributed by atoms with Gasteiger partial charge in [0.25, 0.3) is 0 Å². The van der Waals surface area contributed by atoms with Gasteiger partial charge in [0, 0.05) is 36.1 Å². The lowest BCUT2D eigenvalue weighted by Crippen LogP contribution is -2.47. The summed E-state index contributed by atoms with van der Waals surface area (Å²) in [5.41, 5.74) is 1.58. The monoisotopic (exact) mass is 382 g/mol. The maximum atomic E-state index is 12.3. The molecule has 0 saturated heterocycles. The van der Waals surface area contributed by atoms with E-state index in [1.165, 1.54) is 0 Å². The van der Waals surface area contributed by atoms with Gasteiger partial charge in [0.15, 0.2) is 5.82 Å². The second-order valence-electron chi connectivity index (χ2n) is 6.68. The van der Waals surface area contributed by atoms with Gasteiger partial charge in [-0.1, -0.05) is 23.7 Å². The number of imidazole rings is 1. The van der Waals surface area contributed by atoms with Gasteiger partial charge in [0.1, 0.15) is 11.5 Å². The smallest absolute Gasteiger partial charge is 0.246 e. The normalized spacial score (nSPS) is 14.0. The Morgan fingerprint density at radius 3 is 2.78 bits per heavy atom. The molecule has 3 heterocycles. The van der Waals surface area contributed by atoms with Crippen molar-refractivity contribution < 1.29 is 4.79 Å². The van der Waals surface area contributed by atoms with Gasteiger partial charge in [0.2, 0.25) is 11.9 Å². The molecule has 7 nitrogen and oxygen atoms in total. The summed E-state index contributed by atoms with van der Waals surface area (Å²) in [6.45, 7) is 4.38. The Hall–Kier alpha value is -2.93. The highest BCUT2D eigenvalue weighted by Crippen LogP contribution is 2.32. The third kappa shape index (κ3) is 3.04. The van der Waals surface area contributed by atoms with Crippen LogP contribution >= 0.6 is 11.6 Å². The Kier molecular flexibility index (Phi) is 4.31. The van der Waals surface area contributed by atoms with Crippen molar-refractivity contribution in [3.05, 3.63) is 47.9 Å². The predicted octanol–water partition coefficient (Wildman–Crippen LogP) is 3.17. The molecule has 0 aliphatic carbocycles. The van der Waals surface area contributed by atoms with E-state index in [2.05, 4.69) is 9.97 Å². The molecule has 1 aliphatic rings. The van der Waals surface area contributed by atoms with E-state index in [1.54, 1.807) is 24.3 Å². The van der Waals surface area contributed by atoms with E-state index in [1.807, 2.05) is 53.8 Å². The van der Waals surface area contributed by atoms with Gasteiger partial charge in [-0.25, -0.2) is 9.97 Å². The van der Waals surface area contributed by atoms with Crippen LogP contribution in [-0.4, -0.2) is 45.1 Å². The van der Waals surface area contributed by atoms with Crippen LogP contribution in [0.4, 0.5) is 11.5 Å². The van der Waals surface area contributed by atoms with E-state index in [-0.39, 0.29) is 11.9 Å². The molecule has 0 radical (unpaired) electrons. The highest BCUT2D eigenvalue weighted by atomic mass is 35.5. The molecule has 0 N–H and O–H groups in total. The van der Waals surface area contributed by atoms with Crippen LogP contribution in [0.25, 0.3) is 17.3 Å². The summed E-state index contributed by atoms with van der Waals surface area (Å²) in [5.74, 6) is 1.96. The first-order valence-corrected chi connectivity index (χ1v) is 9.03. The zero-order chi connectivity index (χ0) is 19.1. The van der Waals surface area contributed by atoms with Crippen LogP contribution in [0.3, 0.4) is 0 Å². The third-order valence-electron chi connectivity index (χ3n) is 4.61. The Morgan fingerprint density at radius 2 is 2.04 bits per heavy atom. The molecule has 27 heavy (non-hydrogen) atoms. The Labute approximate surface area is 162 Å². The molecule has 2 aromatic heterocycles. The number of rotatable bonds is 3. The van der Waals surface area contributed by atoms with Crippen molar-refractivity contribution in [2.24, 2.45) is 0 Å². The van der Waals surface area contributed by atoms with Gasteiger partial charge in [0.05, 0.1) is 12.7 Å². The topological polar surface area (TPSA) is 67.2 Å². The SMILES string of the molecule is CC(C)N1CC(=O)N(C)c2cnc(-n3ccnc3-c3cccc(Cl)c3)nc21. The van der Waals surface area contributed by atoms with E-state index in [9.17, 15) is 4.79 Å². The maximum absolute atomic E-state index is 12.3. The summed E-state index contributed by atoms with van der Waals surface area (Å²) in [6, 6.07) is 7.63. The average molecular weight is 383 g/mol. The van der Waals surface area contributed by atoms with Gasteiger partial charge in [-0.05, 0) is 26.0 Å². The molecule has 138 valence electrons. The second-order valence-corrected chi connectivity index (χ2v) is 7.12. The lowest BCUT2D eigenvalue weighted by atomic mass is 10.2. The molecule has 1 amide bonds. The number of hydrogen-bond acceptors (Lipinski definition) is 5. The fraction of sp³-hybridized carbons (Fsp3) is 0.263. The molecule has 1 aliphatic heterocycles. The van der Waals surface area contributed by atoms with Crippen molar-refractivity contribution >= 4 is 29.0 Å². The number of anilines is 2. The molecule has 4 rings (SSSR count). The van der Waals surface area contributed by atoms with Gasteiger partial charge < -0.3 is 9.80 Å². The molecule has 0 atom stereocenters. The van der Waals surface area contributed by atoms with Gasteiger partial charge in [-0.2, -0.15) is 4.98 Å². The molecule has 3 aromatic rings. The number of aromatic nitrogens is 4. The lowest BCUT2D eigenvalue weighted by Gasteiger charge is -2.36. The van der Waals surface area contributed by atoms with Crippen LogP contribution in [0, 0.1) is 0 Å². The Morgan fingerprint density at radius 1 is 1.22 bits per heavy atom. The van der Waals surface area contributed by atoms with Crippen molar-refractivity contribution in [3.63, 3.8) is 0 Å². The van der Waals surface area contributed by atoms with Crippen molar-refractivity contribution in [2.45, 2.75) is 19.9 Å². The van der Waals surface area contributed by atoms with Gasteiger partial charge >= 0.3 is 0 Å². The molecular weight excluding hydrogens is 364 g/mol. The minimum Gasteiger partial charge on any atom is -0.343 e. The minimum absolute atomic E-state index is 0.0230. The van der Waals surface area contributed by atoms with Crippen molar-refractivity contribution in [1.82, 2.24) is 19.5 Å². The van der Waals surface area contributed by atoms with Crippen molar-refractivity contribution in [1.29, 1.82) is 0 Å². The maximum Gasteiger partial charge on any atom is 0.246 e. The van der Waals surface area contributed by atoms with E-state index in [0.717, 1.165) is 11.4 Å². The Bertz CT molecular complexity index is 1010. The van der Waals surface area contributed by atoms with Crippen molar-refractivity contribution in [2.75, 3.05) is 23.4 Å². The number of fused-ring (bicyclic) bond motifs is 1. The van der Waals surface area contributed by atoms with Crippen LogP contribution in [0.5, 0.6) is 0 Å². The van der Waals surface area contributed by atoms with E-state index < -0.39 is 0 Å². The number of benzene rings is 1. The molecule has 0 bridgehead atoms. The lowest BCUT2D eigenvalue weighted by molar-refractivity contribution is -0.117. The highest BCUT2D eigenvalue weighted by Gasteiger charge is 2.30. The van der Waals surface area contributed by atoms with E-state index in [0.29, 0.717) is 29.0 Å². The number of nitrogens with zero attached hydrogens (tertiary/aromatic N) is 6. The fourth-order valence-electron chi connectivity index (χ4n) is 3.12. The minimum atomic E-state index is 0.0230. The number of hydrogen-bond donors (Lipinski definition) is 0. The zero-order valence-corrected chi connectivity index (χ0v) is 16.1. The summed E-state index contributed by atoms with van der Waals surface area (Å²) < 4.78 is 1.82. The largest absolute Gasteiger partial charge is 0.343 e. The number of halogens is 1. The average Bonchev–Trinajstić information content (AvgIpc) is 3.14. The van der Waals surface area contributed by atoms with E-state index in [4.69, 9.17) is 16.6 Å². The summed E-state index contributed by atoms with van der Waals surface area (Å²) in [7, 11) is 1.75. The molecule has 1 aromatic carbocycles.